The monoisotopic (exact) mass is 487 g/mol. The van der Waals surface area contributed by atoms with Gasteiger partial charge < -0.3 is 4.90 Å². The molecule has 0 heterocycles. The highest BCUT2D eigenvalue weighted by Crippen LogP contribution is 2.32. The third-order valence-electron chi connectivity index (χ3n) is 7.12. The van der Waals surface area contributed by atoms with Crippen molar-refractivity contribution in [2.75, 3.05) is 11.9 Å². The van der Waals surface area contributed by atoms with E-state index in [9.17, 15) is 0 Å². The molecule has 182 valence electrons. The maximum atomic E-state index is 2.27. The fourth-order valence-corrected chi connectivity index (χ4v) is 4.92. The molecule has 0 fully saturated rings. The van der Waals surface area contributed by atoms with Crippen molar-refractivity contribution in [2.24, 2.45) is 0 Å². The van der Waals surface area contributed by atoms with E-state index >= 15 is 0 Å². The number of hydrogen-bond donors (Lipinski definition) is 0. The summed E-state index contributed by atoms with van der Waals surface area (Å²) in [7, 11) is 2.13. The molecular weight excluding hydrogens is 458 g/mol. The highest BCUT2D eigenvalue weighted by molar-refractivity contribution is 5.77. The van der Waals surface area contributed by atoms with Crippen LogP contribution >= 0.6 is 0 Å². The molecule has 38 heavy (non-hydrogen) atoms. The van der Waals surface area contributed by atoms with Crippen LogP contribution in [-0.2, 0) is 0 Å². The third-order valence-corrected chi connectivity index (χ3v) is 7.12. The molecule has 6 aromatic rings. The second-order valence-corrected chi connectivity index (χ2v) is 9.55. The van der Waals surface area contributed by atoms with Crippen molar-refractivity contribution in [1.29, 1.82) is 0 Å². The molecule has 0 bridgehead atoms. The topological polar surface area (TPSA) is 3.24 Å². The van der Waals surface area contributed by atoms with E-state index < -0.39 is 0 Å². The lowest BCUT2D eigenvalue weighted by Gasteiger charge is -2.21. The molecule has 0 saturated carbocycles. The van der Waals surface area contributed by atoms with Crippen LogP contribution in [0.3, 0.4) is 0 Å². The number of rotatable bonds is 6. The summed E-state index contributed by atoms with van der Waals surface area (Å²) in [5.74, 6) is 0. The molecule has 0 atom stereocenters. The zero-order chi connectivity index (χ0) is 25.7. The van der Waals surface area contributed by atoms with Gasteiger partial charge >= 0.3 is 0 Å². The van der Waals surface area contributed by atoms with E-state index in [0.29, 0.717) is 0 Å². The predicted octanol–water partition coefficient (Wildman–Crippen LogP) is 10.1. The number of nitrogens with zero attached hydrogens (tertiary/aromatic N) is 1. The van der Waals surface area contributed by atoms with E-state index in [4.69, 9.17) is 0 Å². The van der Waals surface area contributed by atoms with E-state index in [1.807, 2.05) is 0 Å². The van der Waals surface area contributed by atoms with Crippen molar-refractivity contribution in [3.63, 3.8) is 0 Å². The molecule has 0 saturated heterocycles. The van der Waals surface area contributed by atoms with Crippen LogP contribution in [0.5, 0.6) is 0 Å². The van der Waals surface area contributed by atoms with Crippen LogP contribution in [0.2, 0.25) is 0 Å². The maximum Gasteiger partial charge on any atom is 0.0414 e. The Labute approximate surface area is 225 Å². The molecule has 0 amide bonds. The third kappa shape index (κ3) is 5.00. The minimum Gasteiger partial charge on any atom is -0.345 e. The van der Waals surface area contributed by atoms with Gasteiger partial charge in [0.15, 0.2) is 0 Å². The quantitative estimate of drug-likeness (QED) is 0.226. The Bertz CT molecular complexity index is 1630. The smallest absolute Gasteiger partial charge is 0.0414 e. The molecule has 6 aromatic carbocycles. The second-order valence-electron chi connectivity index (χ2n) is 9.55. The molecule has 0 spiro atoms. The van der Waals surface area contributed by atoms with Crippen LogP contribution in [-0.4, -0.2) is 7.05 Å². The average molecular weight is 488 g/mol. The highest BCUT2D eigenvalue weighted by Gasteiger charge is 2.08. The van der Waals surface area contributed by atoms with Crippen LogP contribution in [0, 0.1) is 0 Å². The summed E-state index contributed by atoms with van der Waals surface area (Å²) in [5.41, 5.74) is 12.1. The van der Waals surface area contributed by atoms with Gasteiger partial charge in [-0.15, -0.1) is 0 Å². The van der Waals surface area contributed by atoms with Crippen molar-refractivity contribution in [3.05, 3.63) is 158 Å². The fourth-order valence-electron chi connectivity index (χ4n) is 4.92. The first-order valence-electron chi connectivity index (χ1n) is 13.0. The first-order chi connectivity index (χ1) is 18.7. The van der Waals surface area contributed by atoms with Gasteiger partial charge in [0, 0.05) is 18.4 Å². The van der Waals surface area contributed by atoms with Gasteiger partial charge in [-0.3, -0.25) is 0 Å². The molecule has 0 aliphatic rings. The van der Waals surface area contributed by atoms with Crippen molar-refractivity contribution < 1.29 is 0 Å². The summed E-state index contributed by atoms with van der Waals surface area (Å²) in [4.78, 5) is 2.24. The van der Waals surface area contributed by atoms with E-state index in [2.05, 4.69) is 170 Å². The lowest BCUT2D eigenvalue weighted by atomic mass is 9.98. The molecule has 0 N–H and O–H groups in total. The van der Waals surface area contributed by atoms with Crippen molar-refractivity contribution in [2.45, 2.75) is 0 Å². The molecule has 1 nitrogen and oxygen atoms in total. The van der Waals surface area contributed by atoms with Gasteiger partial charge in [-0.05, 0) is 74.8 Å². The minimum atomic E-state index is 1.16. The Kier molecular flexibility index (Phi) is 6.57. The zero-order valence-electron chi connectivity index (χ0n) is 21.5. The summed E-state index contributed by atoms with van der Waals surface area (Å²) in [6, 6.07) is 56.2. The average Bonchev–Trinajstić information content (AvgIpc) is 3.02. The molecule has 0 aliphatic carbocycles. The Morgan fingerprint density at radius 2 is 0.658 bits per heavy atom. The lowest BCUT2D eigenvalue weighted by Crippen LogP contribution is -2.09. The summed E-state index contributed by atoms with van der Waals surface area (Å²) < 4.78 is 0. The summed E-state index contributed by atoms with van der Waals surface area (Å²) >= 11 is 0. The lowest BCUT2D eigenvalue weighted by molar-refractivity contribution is 1.21. The van der Waals surface area contributed by atoms with Crippen molar-refractivity contribution >= 4 is 11.4 Å². The predicted molar refractivity (Wildman–Crippen MR) is 163 cm³/mol. The Morgan fingerprint density at radius 1 is 0.289 bits per heavy atom. The standard InChI is InChI=1S/C37H29N/c1-38(36-24-22-32(23-25-36)31-20-18-30(19-21-31)28-10-4-2-5-11-28)37-17-9-16-35(27-37)34-15-8-14-33(26-34)29-12-6-3-7-13-29/h2-27H,1H3. The van der Waals surface area contributed by atoms with E-state index in [1.165, 1.54) is 44.5 Å². The number of hydrogen-bond acceptors (Lipinski definition) is 1. The van der Waals surface area contributed by atoms with Gasteiger partial charge in [0.1, 0.15) is 0 Å². The van der Waals surface area contributed by atoms with Crippen LogP contribution < -0.4 is 4.90 Å². The molecule has 0 radical (unpaired) electrons. The Hall–Kier alpha value is -4.88. The SMILES string of the molecule is CN(c1ccc(-c2ccc(-c3ccccc3)cc2)cc1)c1cccc(-c2cccc(-c3ccccc3)c2)c1. The van der Waals surface area contributed by atoms with E-state index in [-0.39, 0.29) is 0 Å². The summed E-state index contributed by atoms with van der Waals surface area (Å²) in [6.45, 7) is 0. The molecule has 0 aliphatic heterocycles. The molecular formula is C37H29N. The molecule has 6 rings (SSSR count). The van der Waals surface area contributed by atoms with Gasteiger partial charge in [0.25, 0.3) is 0 Å². The number of benzene rings is 6. The fraction of sp³-hybridized carbons (Fsp3) is 0.0270. The summed E-state index contributed by atoms with van der Waals surface area (Å²) in [6.07, 6.45) is 0. The minimum absolute atomic E-state index is 1.16. The van der Waals surface area contributed by atoms with Crippen molar-refractivity contribution in [1.82, 2.24) is 0 Å². The molecule has 1 heteroatoms. The number of anilines is 2. The Morgan fingerprint density at radius 3 is 1.21 bits per heavy atom. The molecule has 0 aromatic heterocycles. The van der Waals surface area contributed by atoms with Gasteiger partial charge in [-0.25, -0.2) is 0 Å². The maximum absolute atomic E-state index is 2.27. The normalized spacial score (nSPS) is 10.8. The largest absolute Gasteiger partial charge is 0.345 e. The van der Waals surface area contributed by atoms with Gasteiger partial charge in [-0.1, -0.05) is 127 Å². The first kappa shape index (κ1) is 23.5. The zero-order valence-corrected chi connectivity index (χ0v) is 21.5. The Balaban J connectivity index is 1.22. The van der Waals surface area contributed by atoms with E-state index in [1.54, 1.807) is 0 Å². The van der Waals surface area contributed by atoms with Crippen LogP contribution in [0.4, 0.5) is 11.4 Å². The highest BCUT2D eigenvalue weighted by atomic mass is 15.1. The summed E-state index contributed by atoms with van der Waals surface area (Å²) in [5, 5.41) is 0. The van der Waals surface area contributed by atoms with E-state index in [0.717, 1.165) is 11.4 Å². The van der Waals surface area contributed by atoms with Gasteiger partial charge in [0.2, 0.25) is 0 Å². The van der Waals surface area contributed by atoms with Crippen LogP contribution in [0.15, 0.2) is 158 Å². The van der Waals surface area contributed by atoms with Crippen molar-refractivity contribution in [3.8, 4) is 44.5 Å². The van der Waals surface area contributed by atoms with Crippen LogP contribution in [0.1, 0.15) is 0 Å². The molecule has 0 unspecified atom stereocenters. The van der Waals surface area contributed by atoms with Gasteiger partial charge in [-0.2, -0.15) is 0 Å². The second kappa shape index (κ2) is 10.6. The van der Waals surface area contributed by atoms with Gasteiger partial charge in [0.05, 0.1) is 0 Å². The van der Waals surface area contributed by atoms with Crippen LogP contribution in [0.25, 0.3) is 44.5 Å². The first-order valence-corrected chi connectivity index (χ1v) is 13.0.